The molecule has 2 N–H and O–H groups in total. The first-order chi connectivity index (χ1) is 10.3. The maximum atomic E-state index is 12.3. The van der Waals surface area contributed by atoms with E-state index in [9.17, 15) is 13.2 Å². The number of sulfonamides is 1. The second-order valence-electron chi connectivity index (χ2n) is 4.64. The fourth-order valence-electron chi connectivity index (χ4n) is 1.87. The lowest BCUT2D eigenvalue weighted by molar-refractivity contribution is 0.0693. The van der Waals surface area contributed by atoms with E-state index < -0.39 is 16.0 Å². The van der Waals surface area contributed by atoms with Gasteiger partial charge < -0.3 is 9.84 Å². The van der Waals surface area contributed by atoms with Gasteiger partial charge >= 0.3 is 5.97 Å². The molecular weight excluding hydrogens is 306 g/mol. The van der Waals surface area contributed by atoms with E-state index in [1.165, 1.54) is 37.4 Å². The van der Waals surface area contributed by atoms with Crippen LogP contribution in [0.4, 0.5) is 5.69 Å². The van der Waals surface area contributed by atoms with Crippen molar-refractivity contribution >= 4 is 21.7 Å². The van der Waals surface area contributed by atoms with Crippen LogP contribution in [0.1, 0.15) is 15.9 Å². The molecule has 116 valence electrons. The molecule has 6 nitrogen and oxygen atoms in total. The minimum absolute atomic E-state index is 0.103. The van der Waals surface area contributed by atoms with Gasteiger partial charge in [0.2, 0.25) is 0 Å². The highest BCUT2D eigenvalue weighted by atomic mass is 32.2. The smallest absolute Gasteiger partial charge is 0.339 e. The Labute approximate surface area is 128 Å². The number of carboxylic acids is 1. The third kappa shape index (κ3) is 3.37. The molecule has 0 amide bonds. The predicted octanol–water partition coefficient (Wildman–Crippen LogP) is 2.50. The number of methoxy groups -OCH3 is 1. The van der Waals surface area contributed by atoms with Crippen molar-refractivity contribution in [3.8, 4) is 5.75 Å². The lowest BCUT2D eigenvalue weighted by atomic mass is 10.2. The summed E-state index contributed by atoms with van der Waals surface area (Å²) < 4.78 is 31.8. The van der Waals surface area contributed by atoms with Gasteiger partial charge in [0.05, 0.1) is 12.0 Å². The molecule has 2 aromatic carbocycles. The van der Waals surface area contributed by atoms with Crippen molar-refractivity contribution in [1.82, 2.24) is 0 Å². The van der Waals surface area contributed by atoms with E-state index in [0.29, 0.717) is 0 Å². The molecule has 7 heteroatoms. The van der Waals surface area contributed by atoms with Crippen LogP contribution in [0.5, 0.6) is 5.75 Å². The van der Waals surface area contributed by atoms with Crippen LogP contribution in [0.3, 0.4) is 0 Å². The Hall–Kier alpha value is -2.54. The fraction of sp³-hybridized carbons (Fsp3) is 0.133. The number of aryl methyl sites for hydroxylation is 1. The topological polar surface area (TPSA) is 92.7 Å². The number of carbonyl (C=O) groups is 1. The van der Waals surface area contributed by atoms with Gasteiger partial charge in [-0.25, -0.2) is 13.2 Å². The number of aromatic carboxylic acids is 1. The van der Waals surface area contributed by atoms with Crippen LogP contribution in [0, 0.1) is 6.92 Å². The lowest BCUT2D eigenvalue weighted by Gasteiger charge is -2.11. The molecule has 0 spiro atoms. The number of benzene rings is 2. The molecule has 0 aliphatic rings. The van der Waals surface area contributed by atoms with Gasteiger partial charge in [0.1, 0.15) is 11.3 Å². The first kappa shape index (κ1) is 15.8. The molecule has 0 heterocycles. The van der Waals surface area contributed by atoms with E-state index in [0.717, 1.165) is 5.56 Å². The first-order valence-electron chi connectivity index (χ1n) is 6.34. The summed E-state index contributed by atoms with van der Waals surface area (Å²) in [5.74, 6) is -1.04. The summed E-state index contributed by atoms with van der Waals surface area (Å²) in [5.41, 5.74) is 0.974. The highest BCUT2D eigenvalue weighted by molar-refractivity contribution is 7.92. The van der Waals surface area contributed by atoms with E-state index in [4.69, 9.17) is 9.84 Å². The Bertz CT molecular complexity index is 797. The summed E-state index contributed by atoms with van der Waals surface area (Å²) in [5, 5.41) is 9.11. The summed E-state index contributed by atoms with van der Waals surface area (Å²) in [6.07, 6.45) is 0. The van der Waals surface area contributed by atoms with Crippen LogP contribution in [0.15, 0.2) is 47.4 Å². The highest BCUT2D eigenvalue weighted by Gasteiger charge is 2.17. The van der Waals surface area contributed by atoms with Crippen LogP contribution in [0.2, 0.25) is 0 Å². The van der Waals surface area contributed by atoms with Crippen molar-refractivity contribution in [3.63, 3.8) is 0 Å². The molecule has 22 heavy (non-hydrogen) atoms. The molecule has 0 unspecified atom stereocenters. The van der Waals surface area contributed by atoms with Crippen molar-refractivity contribution in [2.24, 2.45) is 0 Å². The Kier molecular flexibility index (Phi) is 4.37. The van der Waals surface area contributed by atoms with Gasteiger partial charge in [0.15, 0.2) is 0 Å². The summed E-state index contributed by atoms with van der Waals surface area (Å²) in [4.78, 5) is 11.3. The number of nitrogens with one attached hydrogen (secondary N) is 1. The summed E-state index contributed by atoms with van der Waals surface area (Å²) in [6.45, 7) is 1.85. The van der Waals surface area contributed by atoms with Crippen molar-refractivity contribution in [3.05, 3.63) is 53.6 Å². The summed E-state index contributed by atoms with van der Waals surface area (Å²) in [6, 6.07) is 10.4. The summed E-state index contributed by atoms with van der Waals surface area (Å²) in [7, 11) is -2.43. The molecule has 2 aromatic rings. The monoisotopic (exact) mass is 321 g/mol. The second kappa shape index (κ2) is 6.07. The Morgan fingerprint density at radius 3 is 2.32 bits per heavy atom. The third-order valence-electron chi connectivity index (χ3n) is 3.01. The number of hydrogen-bond donors (Lipinski definition) is 2. The van der Waals surface area contributed by atoms with E-state index in [1.807, 2.05) is 6.92 Å². The van der Waals surface area contributed by atoms with Gasteiger partial charge in [-0.05, 0) is 37.3 Å². The van der Waals surface area contributed by atoms with Gasteiger partial charge in [-0.15, -0.1) is 0 Å². The van der Waals surface area contributed by atoms with Crippen LogP contribution >= 0.6 is 0 Å². The quantitative estimate of drug-likeness (QED) is 0.882. The van der Waals surface area contributed by atoms with Crippen LogP contribution in [0.25, 0.3) is 0 Å². The number of carboxylic acid groups (broad SMARTS) is 1. The molecule has 0 atom stereocenters. The van der Waals surface area contributed by atoms with Crippen molar-refractivity contribution in [2.45, 2.75) is 11.8 Å². The van der Waals surface area contributed by atoms with E-state index >= 15 is 0 Å². The molecule has 0 aliphatic carbocycles. The largest absolute Gasteiger partial charge is 0.496 e. The molecule has 2 rings (SSSR count). The van der Waals surface area contributed by atoms with Crippen LogP contribution in [-0.2, 0) is 10.0 Å². The maximum Gasteiger partial charge on any atom is 0.339 e. The molecule has 0 saturated carbocycles. The molecule has 0 aliphatic heterocycles. The zero-order valence-electron chi connectivity index (χ0n) is 12.0. The van der Waals surface area contributed by atoms with Gasteiger partial charge in [-0.1, -0.05) is 17.7 Å². The van der Waals surface area contributed by atoms with Gasteiger partial charge in [-0.2, -0.15) is 0 Å². The number of ether oxygens (including phenoxy) is 1. The zero-order valence-corrected chi connectivity index (χ0v) is 12.8. The minimum Gasteiger partial charge on any atom is -0.496 e. The Morgan fingerprint density at radius 1 is 1.14 bits per heavy atom. The van der Waals surface area contributed by atoms with E-state index in [2.05, 4.69) is 4.72 Å². The zero-order chi connectivity index (χ0) is 16.3. The molecular formula is C15H15NO5S. The van der Waals surface area contributed by atoms with E-state index in [1.54, 1.807) is 12.1 Å². The van der Waals surface area contributed by atoms with Crippen molar-refractivity contribution in [2.75, 3.05) is 11.8 Å². The first-order valence-corrected chi connectivity index (χ1v) is 7.82. The third-order valence-corrected chi connectivity index (χ3v) is 4.41. The SMILES string of the molecule is COc1ccc(NS(=O)(=O)c2ccc(C)cc2)cc1C(=O)O. The summed E-state index contributed by atoms with van der Waals surface area (Å²) >= 11 is 0. The predicted molar refractivity (Wildman–Crippen MR) is 81.9 cm³/mol. The fourth-order valence-corrected chi connectivity index (χ4v) is 2.92. The van der Waals surface area contributed by atoms with Crippen molar-refractivity contribution < 1.29 is 23.1 Å². The second-order valence-corrected chi connectivity index (χ2v) is 6.32. The minimum atomic E-state index is -3.78. The molecule has 0 bridgehead atoms. The average Bonchev–Trinajstić information content (AvgIpc) is 2.47. The van der Waals surface area contributed by atoms with Crippen LogP contribution in [-0.4, -0.2) is 26.6 Å². The molecule has 0 fully saturated rings. The lowest BCUT2D eigenvalue weighted by Crippen LogP contribution is -2.13. The standard InChI is InChI=1S/C15H15NO5S/c1-10-3-6-12(7-4-10)22(19,20)16-11-5-8-14(21-2)13(9-11)15(17)18/h3-9,16H,1-2H3,(H,17,18). The van der Waals surface area contributed by atoms with Crippen LogP contribution < -0.4 is 9.46 Å². The Balaban J connectivity index is 2.35. The van der Waals surface area contributed by atoms with Gasteiger partial charge in [0.25, 0.3) is 10.0 Å². The Morgan fingerprint density at radius 2 is 1.77 bits per heavy atom. The number of anilines is 1. The van der Waals surface area contributed by atoms with Gasteiger partial charge in [0, 0.05) is 5.69 Å². The van der Waals surface area contributed by atoms with Gasteiger partial charge in [-0.3, -0.25) is 4.72 Å². The maximum absolute atomic E-state index is 12.3. The highest BCUT2D eigenvalue weighted by Crippen LogP contribution is 2.24. The number of hydrogen-bond acceptors (Lipinski definition) is 4. The van der Waals surface area contributed by atoms with E-state index in [-0.39, 0.29) is 21.9 Å². The number of rotatable bonds is 5. The van der Waals surface area contributed by atoms with Crippen molar-refractivity contribution in [1.29, 1.82) is 0 Å². The molecule has 0 aromatic heterocycles. The normalized spacial score (nSPS) is 11.0. The molecule has 0 radical (unpaired) electrons. The average molecular weight is 321 g/mol. The molecule has 0 saturated heterocycles.